The van der Waals surface area contributed by atoms with E-state index in [0.717, 1.165) is 24.1 Å². The molecule has 8 heteroatoms. The molecule has 7 nitrogen and oxygen atoms in total. The predicted octanol–water partition coefficient (Wildman–Crippen LogP) is 3.58. The van der Waals surface area contributed by atoms with Crippen molar-refractivity contribution in [3.8, 4) is 11.5 Å². The number of hydrogen-bond donors (Lipinski definition) is 1. The molecule has 0 radical (unpaired) electrons. The van der Waals surface area contributed by atoms with Gasteiger partial charge < -0.3 is 14.4 Å². The van der Waals surface area contributed by atoms with Gasteiger partial charge in [0.05, 0.1) is 14.2 Å². The van der Waals surface area contributed by atoms with E-state index in [-0.39, 0.29) is 16.6 Å². The fourth-order valence-electron chi connectivity index (χ4n) is 3.39. The van der Waals surface area contributed by atoms with Crippen LogP contribution in [0.3, 0.4) is 0 Å². The van der Waals surface area contributed by atoms with Crippen molar-refractivity contribution in [2.24, 2.45) is 0 Å². The molecule has 0 saturated carbocycles. The Hall–Kier alpha value is -2.74. The summed E-state index contributed by atoms with van der Waals surface area (Å²) in [6.07, 6.45) is 2.95. The Morgan fingerprint density at radius 3 is 2.55 bits per heavy atom. The van der Waals surface area contributed by atoms with Crippen LogP contribution in [0, 0.1) is 0 Å². The summed E-state index contributed by atoms with van der Waals surface area (Å²) in [6.45, 7) is 2.76. The Kier molecular flexibility index (Phi) is 6.32. The summed E-state index contributed by atoms with van der Waals surface area (Å²) in [5.74, 6) is 0.819. The van der Waals surface area contributed by atoms with E-state index in [1.165, 1.54) is 26.4 Å². The van der Waals surface area contributed by atoms with E-state index in [1.807, 2.05) is 6.07 Å². The highest BCUT2D eigenvalue weighted by Crippen LogP contribution is 2.33. The van der Waals surface area contributed by atoms with Crippen molar-refractivity contribution in [1.82, 2.24) is 0 Å². The standard InChI is InChI=1S/C21H26N2O5S/c1-4-5-12-23-18-9-7-16(13-15(18)6-11-21(23)24)22-29(25,26)20-10-8-17(27-2)14-19(20)28-3/h7-10,13-14,22H,4-6,11-12H2,1-3H3. The molecule has 0 aromatic heterocycles. The predicted molar refractivity (Wildman–Crippen MR) is 112 cm³/mol. The average Bonchev–Trinajstić information content (AvgIpc) is 2.72. The van der Waals surface area contributed by atoms with Crippen LogP contribution in [0.1, 0.15) is 31.7 Å². The van der Waals surface area contributed by atoms with Crippen LogP contribution in [-0.2, 0) is 21.2 Å². The van der Waals surface area contributed by atoms with Crippen molar-refractivity contribution in [1.29, 1.82) is 0 Å². The van der Waals surface area contributed by atoms with Gasteiger partial charge in [-0.3, -0.25) is 9.52 Å². The van der Waals surface area contributed by atoms with E-state index < -0.39 is 10.0 Å². The molecule has 1 aliphatic rings. The number of fused-ring (bicyclic) bond motifs is 1. The minimum absolute atomic E-state index is 0.0262. The second-order valence-corrected chi connectivity index (χ2v) is 8.52. The lowest BCUT2D eigenvalue weighted by atomic mass is 10.00. The van der Waals surface area contributed by atoms with Gasteiger partial charge in [-0.15, -0.1) is 0 Å². The number of hydrogen-bond acceptors (Lipinski definition) is 5. The van der Waals surface area contributed by atoms with Crippen LogP contribution in [0.4, 0.5) is 11.4 Å². The summed E-state index contributed by atoms with van der Waals surface area (Å²) in [5.41, 5.74) is 2.27. The first-order chi connectivity index (χ1) is 13.9. The maximum absolute atomic E-state index is 12.9. The van der Waals surface area contributed by atoms with Crippen LogP contribution in [0.2, 0.25) is 0 Å². The smallest absolute Gasteiger partial charge is 0.265 e. The number of carbonyl (C=O) groups is 1. The van der Waals surface area contributed by atoms with Crippen LogP contribution >= 0.6 is 0 Å². The van der Waals surface area contributed by atoms with Gasteiger partial charge in [-0.25, -0.2) is 8.42 Å². The highest BCUT2D eigenvalue weighted by atomic mass is 32.2. The molecule has 0 fully saturated rings. The minimum Gasteiger partial charge on any atom is -0.497 e. The number of benzene rings is 2. The molecular weight excluding hydrogens is 392 g/mol. The molecule has 0 aliphatic carbocycles. The summed E-state index contributed by atoms with van der Waals surface area (Å²) in [6, 6.07) is 9.84. The summed E-state index contributed by atoms with van der Waals surface area (Å²) < 4.78 is 38.8. The van der Waals surface area contributed by atoms with Crippen molar-refractivity contribution < 1.29 is 22.7 Å². The number of ether oxygens (including phenoxy) is 2. The lowest BCUT2D eigenvalue weighted by molar-refractivity contribution is -0.118. The molecule has 0 unspecified atom stereocenters. The number of anilines is 2. The SMILES string of the molecule is CCCCN1C(=O)CCc2cc(NS(=O)(=O)c3ccc(OC)cc3OC)ccc21. The van der Waals surface area contributed by atoms with Crippen molar-refractivity contribution >= 4 is 27.3 Å². The van der Waals surface area contributed by atoms with Crippen molar-refractivity contribution in [3.63, 3.8) is 0 Å². The van der Waals surface area contributed by atoms with Crippen LogP contribution in [0.25, 0.3) is 0 Å². The van der Waals surface area contributed by atoms with E-state index >= 15 is 0 Å². The Morgan fingerprint density at radius 2 is 1.86 bits per heavy atom. The zero-order chi connectivity index (χ0) is 21.0. The summed E-state index contributed by atoms with van der Waals surface area (Å²) in [7, 11) is -0.943. The molecule has 0 saturated heterocycles. The second-order valence-electron chi connectivity index (χ2n) is 6.86. The molecule has 0 atom stereocenters. The summed E-state index contributed by atoms with van der Waals surface area (Å²) in [5, 5.41) is 0. The normalized spacial score (nSPS) is 13.8. The maximum atomic E-state index is 12.9. The Balaban J connectivity index is 1.88. The van der Waals surface area contributed by atoms with Crippen molar-refractivity contribution in [3.05, 3.63) is 42.0 Å². The number of carbonyl (C=O) groups excluding carboxylic acids is 1. The van der Waals surface area contributed by atoms with E-state index in [1.54, 1.807) is 23.1 Å². The molecule has 2 aromatic carbocycles. The minimum atomic E-state index is -3.86. The molecule has 0 spiro atoms. The van der Waals surface area contributed by atoms with Gasteiger partial charge in [0.1, 0.15) is 16.4 Å². The third kappa shape index (κ3) is 4.48. The summed E-state index contributed by atoms with van der Waals surface area (Å²) in [4.78, 5) is 14.1. The van der Waals surface area contributed by atoms with Gasteiger partial charge in [0.15, 0.2) is 0 Å². The Labute approximate surface area is 171 Å². The molecule has 29 heavy (non-hydrogen) atoms. The molecule has 3 rings (SSSR count). The fraction of sp³-hybridized carbons (Fsp3) is 0.381. The van der Waals surface area contributed by atoms with E-state index in [9.17, 15) is 13.2 Å². The Bertz CT molecular complexity index is 1000. The number of nitrogens with one attached hydrogen (secondary N) is 1. The van der Waals surface area contributed by atoms with E-state index in [0.29, 0.717) is 30.8 Å². The van der Waals surface area contributed by atoms with Gasteiger partial charge in [-0.1, -0.05) is 13.3 Å². The largest absolute Gasteiger partial charge is 0.497 e. The zero-order valence-corrected chi connectivity index (χ0v) is 17.7. The number of methoxy groups -OCH3 is 2. The lowest BCUT2D eigenvalue weighted by Crippen LogP contribution is -2.35. The van der Waals surface area contributed by atoms with Crippen LogP contribution in [0.15, 0.2) is 41.3 Å². The number of nitrogens with zero attached hydrogens (tertiary/aromatic N) is 1. The van der Waals surface area contributed by atoms with Gasteiger partial charge in [-0.2, -0.15) is 0 Å². The Morgan fingerprint density at radius 1 is 1.07 bits per heavy atom. The van der Waals surface area contributed by atoms with Gasteiger partial charge in [-0.05, 0) is 48.7 Å². The quantitative estimate of drug-likeness (QED) is 0.708. The number of aryl methyl sites for hydroxylation is 1. The highest BCUT2D eigenvalue weighted by Gasteiger charge is 2.25. The number of amides is 1. The monoisotopic (exact) mass is 418 g/mol. The highest BCUT2D eigenvalue weighted by molar-refractivity contribution is 7.92. The lowest BCUT2D eigenvalue weighted by Gasteiger charge is -2.30. The third-order valence-electron chi connectivity index (χ3n) is 4.93. The maximum Gasteiger partial charge on any atom is 0.265 e. The van der Waals surface area contributed by atoms with Crippen LogP contribution in [-0.4, -0.2) is 35.1 Å². The van der Waals surface area contributed by atoms with Gasteiger partial charge in [0.2, 0.25) is 5.91 Å². The van der Waals surface area contributed by atoms with Crippen LogP contribution < -0.4 is 19.1 Å². The van der Waals surface area contributed by atoms with Crippen molar-refractivity contribution in [2.75, 3.05) is 30.4 Å². The number of rotatable bonds is 8. The molecule has 1 heterocycles. The molecule has 1 N–H and O–H groups in total. The molecule has 0 bridgehead atoms. The first kappa shape index (κ1) is 21.0. The first-order valence-corrected chi connectivity index (χ1v) is 11.1. The fourth-order valence-corrected chi connectivity index (χ4v) is 4.59. The van der Waals surface area contributed by atoms with E-state index in [4.69, 9.17) is 9.47 Å². The third-order valence-corrected chi connectivity index (χ3v) is 6.35. The zero-order valence-electron chi connectivity index (χ0n) is 16.9. The molecule has 2 aromatic rings. The molecule has 1 amide bonds. The average molecular weight is 419 g/mol. The first-order valence-electron chi connectivity index (χ1n) is 9.57. The van der Waals surface area contributed by atoms with Gasteiger partial charge in [0, 0.05) is 30.4 Å². The van der Waals surface area contributed by atoms with Gasteiger partial charge in [0.25, 0.3) is 10.0 Å². The molecular formula is C21H26N2O5S. The number of unbranched alkanes of at least 4 members (excludes halogenated alkanes) is 1. The molecule has 156 valence electrons. The number of sulfonamides is 1. The second kappa shape index (κ2) is 8.73. The van der Waals surface area contributed by atoms with Crippen molar-refractivity contribution in [2.45, 2.75) is 37.5 Å². The molecule has 1 aliphatic heterocycles. The summed E-state index contributed by atoms with van der Waals surface area (Å²) >= 11 is 0. The van der Waals surface area contributed by atoms with Gasteiger partial charge >= 0.3 is 0 Å². The topological polar surface area (TPSA) is 84.9 Å². The van der Waals surface area contributed by atoms with Crippen LogP contribution in [0.5, 0.6) is 11.5 Å². The van der Waals surface area contributed by atoms with E-state index in [2.05, 4.69) is 11.6 Å².